The van der Waals surface area contributed by atoms with Gasteiger partial charge in [-0.1, -0.05) is 37.3 Å². The summed E-state index contributed by atoms with van der Waals surface area (Å²) in [4.78, 5) is 0. The summed E-state index contributed by atoms with van der Waals surface area (Å²) in [5.41, 5.74) is 7.07. The Morgan fingerprint density at radius 3 is 2.41 bits per heavy atom. The molecule has 0 bridgehead atoms. The fraction of sp³-hybridized carbons (Fsp3) is 0.538. The second kappa shape index (κ2) is 6.77. The molecule has 0 aliphatic carbocycles. The van der Waals surface area contributed by atoms with Gasteiger partial charge in [-0.15, -0.1) is 0 Å². The Kier molecular flexibility index (Phi) is 5.65. The maximum Gasteiger partial charge on any atom is 0.150 e. The van der Waals surface area contributed by atoms with Crippen molar-refractivity contribution in [2.24, 2.45) is 5.73 Å². The van der Waals surface area contributed by atoms with Crippen molar-refractivity contribution in [3.63, 3.8) is 0 Å². The van der Waals surface area contributed by atoms with Crippen molar-refractivity contribution in [1.29, 1.82) is 0 Å². The molecule has 1 aromatic rings. The number of hydrogen-bond acceptors (Lipinski definition) is 3. The zero-order valence-corrected chi connectivity index (χ0v) is 11.1. The Morgan fingerprint density at radius 1 is 1.18 bits per heavy atom. The highest BCUT2D eigenvalue weighted by Crippen LogP contribution is 2.15. The number of nitrogens with two attached hydrogens (primary N) is 1. The molecule has 1 aromatic carbocycles. The first-order valence-corrected chi connectivity index (χ1v) is 7.88. The molecule has 96 valence electrons. The minimum Gasteiger partial charge on any atom is -0.324 e. The van der Waals surface area contributed by atoms with Crippen LogP contribution in [0.3, 0.4) is 0 Å². The van der Waals surface area contributed by atoms with Crippen LogP contribution in [-0.4, -0.2) is 19.9 Å². The minimum absolute atomic E-state index is 0.0620. The lowest BCUT2D eigenvalue weighted by Crippen LogP contribution is -2.14. The van der Waals surface area contributed by atoms with E-state index >= 15 is 0 Å². The third-order valence-electron chi connectivity index (χ3n) is 2.71. The molecule has 0 heterocycles. The van der Waals surface area contributed by atoms with Gasteiger partial charge >= 0.3 is 0 Å². The lowest BCUT2D eigenvalue weighted by Gasteiger charge is -2.11. The summed E-state index contributed by atoms with van der Waals surface area (Å²) in [5.74, 6) is 0.537. The maximum absolute atomic E-state index is 11.5. The van der Waals surface area contributed by atoms with E-state index in [4.69, 9.17) is 5.73 Å². The average Bonchev–Trinajstić information content (AvgIpc) is 2.29. The fourth-order valence-corrected chi connectivity index (χ4v) is 3.24. The summed E-state index contributed by atoms with van der Waals surface area (Å²) in [5, 5.41) is 0. The Morgan fingerprint density at radius 2 is 1.82 bits per heavy atom. The van der Waals surface area contributed by atoms with Gasteiger partial charge in [-0.05, 0) is 24.8 Å². The van der Waals surface area contributed by atoms with Crippen LogP contribution in [0.1, 0.15) is 37.8 Å². The molecule has 3 nitrogen and oxygen atoms in total. The minimum atomic E-state index is -2.87. The molecule has 0 aliphatic rings. The van der Waals surface area contributed by atoms with Gasteiger partial charge in [0.25, 0.3) is 0 Å². The zero-order chi connectivity index (χ0) is 12.7. The first-order chi connectivity index (χ1) is 8.05. The van der Waals surface area contributed by atoms with Crippen molar-refractivity contribution in [2.75, 3.05) is 11.5 Å². The van der Waals surface area contributed by atoms with E-state index < -0.39 is 9.84 Å². The quantitative estimate of drug-likeness (QED) is 0.813. The van der Waals surface area contributed by atoms with Crippen molar-refractivity contribution in [3.05, 3.63) is 35.9 Å². The fourth-order valence-electron chi connectivity index (χ4n) is 1.80. The van der Waals surface area contributed by atoms with Crippen molar-refractivity contribution in [2.45, 2.75) is 32.2 Å². The molecule has 0 aliphatic heterocycles. The van der Waals surface area contributed by atoms with Crippen LogP contribution in [0.15, 0.2) is 30.3 Å². The number of sulfone groups is 1. The van der Waals surface area contributed by atoms with Gasteiger partial charge in [0.1, 0.15) is 9.84 Å². The third kappa shape index (κ3) is 5.33. The van der Waals surface area contributed by atoms with Gasteiger partial charge in [0, 0.05) is 11.8 Å². The molecule has 0 aromatic heterocycles. The lowest BCUT2D eigenvalue weighted by atomic mass is 10.0. The highest BCUT2D eigenvalue weighted by Gasteiger charge is 2.11. The summed E-state index contributed by atoms with van der Waals surface area (Å²) in [7, 11) is -2.87. The van der Waals surface area contributed by atoms with Gasteiger partial charge < -0.3 is 5.73 Å². The van der Waals surface area contributed by atoms with E-state index in [0.717, 1.165) is 5.56 Å². The van der Waals surface area contributed by atoms with Crippen LogP contribution in [0.25, 0.3) is 0 Å². The van der Waals surface area contributed by atoms with Crippen molar-refractivity contribution >= 4 is 9.84 Å². The molecule has 4 heteroatoms. The summed E-state index contributed by atoms with van der Waals surface area (Å²) < 4.78 is 23.0. The monoisotopic (exact) mass is 255 g/mol. The molecule has 1 unspecified atom stereocenters. The van der Waals surface area contributed by atoms with E-state index in [9.17, 15) is 8.42 Å². The van der Waals surface area contributed by atoms with E-state index in [0.29, 0.717) is 19.3 Å². The lowest BCUT2D eigenvalue weighted by molar-refractivity contribution is 0.581. The molecular formula is C13H21NO2S. The second-order valence-corrected chi connectivity index (χ2v) is 6.61. The van der Waals surface area contributed by atoms with E-state index in [-0.39, 0.29) is 17.5 Å². The van der Waals surface area contributed by atoms with Crippen LogP contribution in [0, 0.1) is 0 Å². The predicted octanol–water partition coefficient (Wildman–Crippen LogP) is 2.29. The molecule has 0 amide bonds. The molecule has 2 N–H and O–H groups in total. The van der Waals surface area contributed by atoms with E-state index in [1.807, 2.05) is 37.3 Å². The predicted molar refractivity (Wildman–Crippen MR) is 71.5 cm³/mol. The standard InChI is InChI=1S/C13H21NO2S/c1-2-10-17(15,16)11-6-9-13(14)12-7-4-3-5-8-12/h3-5,7-8,13H,2,6,9-11,14H2,1H3. The van der Waals surface area contributed by atoms with Crippen LogP contribution >= 0.6 is 0 Å². The third-order valence-corrected chi connectivity index (χ3v) is 4.65. The highest BCUT2D eigenvalue weighted by atomic mass is 32.2. The van der Waals surface area contributed by atoms with Crippen LogP contribution in [0.5, 0.6) is 0 Å². The Bertz CT molecular complexity index is 414. The molecule has 0 radical (unpaired) electrons. The Hall–Kier alpha value is -0.870. The maximum atomic E-state index is 11.5. The molecule has 1 rings (SSSR count). The largest absolute Gasteiger partial charge is 0.324 e. The second-order valence-electron chi connectivity index (χ2n) is 4.31. The Labute approximate surface area is 104 Å². The normalized spacial score (nSPS) is 13.5. The van der Waals surface area contributed by atoms with E-state index in [2.05, 4.69) is 0 Å². The smallest absolute Gasteiger partial charge is 0.150 e. The topological polar surface area (TPSA) is 60.2 Å². The molecule has 1 atom stereocenters. The summed E-state index contributed by atoms with van der Waals surface area (Å²) in [6.07, 6.45) is 2.04. The molecule has 0 saturated carbocycles. The van der Waals surface area contributed by atoms with Crippen molar-refractivity contribution in [3.8, 4) is 0 Å². The molecule has 0 spiro atoms. The van der Waals surface area contributed by atoms with Crippen LogP contribution in [0.2, 0.25) is 0 Å². The first-order valence-electron chi connectivity index (χ1n) is 6.06. The van der Waals surface area contributed by atoms with Gasteiger partial charge in [-0.3, -0.25) is 0 Å². The van der Waals surface area contributed by atoms with Gasteiger partial charge in [0.15, 0.2) is 0 Å². The molecule has 17 heavy (non-hydrogen) atoms. The number of hydrogen-bond donors (Lipinski definition) is 1. The molecular weight excluding hydrogens is 234 g/mol. The van der Waals surface area contributed by atoms with Crippen molar-refractivity contribution < 1.29 is 8.42 Å². The zero-order valence-electron chi connectivity index (χ0n) is 10.3. The molecule has 0 fully saturated rings. The number of benzene rings is 1. The summed E-state index contributed by atoms with van der Waals surface area (Å²) in [6, 6.07) is 9.73. The SMILES string of the molecule is CCCS(=O)(=O)CCCC(N)c1ccccc1. The van der Waals surface area contributed by atoms with Crippen LogP contribution in [0.4, 0.5) is 0 Å². The Balaban J connectivity index is 2.37. The first kappa shape index (κ1) is 14.2. The van der Waals surface area contributed by atoms with E-state index in [1.165, 1.54) is 0 Å². The highest BCUT2D eigenvalue weighted by molar-refractivity contribution is 7.91. The van der Waals surface area contributed by atoms with Gasteiger partial charge in [0.05, 0.1) is 5.75 Å². The van der Waals surface area contributed by atoms with Gasteiger partial charge in [-0.2, -0.15) is 0 Å². The number of rotatable bonds is 7. The van der Waals surface area contributed by atoms with Crippen LogP contribution in [-0.2, 0) is 9.84 Å². The average molecular weight is 255 g/mol. The summed E-state index contributed by atoms with van der Waals surface area (Å²) in [6.45, 7) is 1.88. The van der Waals surface area contributed by atoms with Crippen molar-refractivity contribution in [1.82, 2.24) is 0 Å². The van der Waals surface area contributed by atoms with E-state index in [1.54, 1.807) is 0 Å². The van der Waals surface area contributed by atoms with Gasteiger partial charge in [-0.25, -0.2) is 8.42 Å². The summed E-state index contributed by atoms with van der Waals surface area (Å²) >= 11 is 0. The molecule has 0 saturated heterocycles. The van der Waals surface area contributed by atoms with Gasteiger partial charge in [0.2, 0.25) is 0 Å². The van der Waals surface area contributed by atoms with Crippen LogP contribution < -0.4 is 5.73 Å².